The molecule has 1 fully saturated rings. The number of carboxylic acid groups (broad SMARTS) is 1. The Bertz CT molecular complexity index is 472. The highest BCUT2D eigenvalue weighted by Crippen LogP contribution is 2.25. The van der Waals surface area contributed by atoms with E-state index in [0.29, 0.717) is 11.4 Å². The zero-order valence-electron chi connectivity index (χ0n) is 11.0. The van der Waals surface area contributed by atoms with Gasteiger partial charge in [0.15, 0.2) is 0 Å². The molecule has 1 atom stereocenters. The summed E-state index contributed by atoms with van der Waals surface area (Å²) < 4.78 is 0. The van der Waals surface area contributed by atoms with Gasteiger partial charge in [0, 0.05) is 12.6 Å². The number of hydrogen-bond donors (Lipinski definition) is 1. The van der Waals surface area contributed by atoms with Gasteiger partial charge in [0.25, 0.3) is 5.91 Å². The lowest BCUT2D eigenvalue weighted by Gasteiger charge is -2.22. The fourth-order valence-electron chi connectivity index (χ4n) is 2.40. The van der Waals surface area contributed by atoms with Gasteiger partial charge in [0.1, 0.15) is 4.88 Å². The summed E-state index contributed by atoms with van der Waals surface area (Å²) in [6.45, 7) is 2.73. The zero-order valence-corrected chi connectivity index (χ0v) is 11.8. The average molecular weight is 282 g/mol. The minimum Gasteiger partial charge on any atom is -0.481 e. The lowest BCUT2D eigenvalue weighted by atomic mass is 10.1. The van der Waals surface area contributed by atoms with E-state index in [0.717, 1.165) is 30.7 Å². The first-order chi connectivity index (χ1) is 9.11. The molecule has 1 aromatic rings. The molecule has 5 nitrogen and oxygen atoms in total. The van der Waals surface area contributed by atoms with Gasteiger partial charge in [-0.3, -0.25) is 9.59 Å². The van der Waals surface area contributed by atoms with Gasteiger partial charge >= 0.3 is 5.97 Å². The van der Waals surface area contributed by atoms with Gasteiger partial charge in [0.2, 0.25) is 0 Å². The Hall–Kier alpha value is -1.43. The minimum atomic E-state index is -0.847. The van der Waals surface area contributed by atoms with Gasteiger partial charge in [-0.1, -0.05) is 6.92 Å². The molecule has 1 unspecified atom stereocenters. The number of rotatable bonds is 5. The van der Waals surface area contributed by atoms with E-state index in [4.69, 9.17) is 5.11 Å². The van der Waals surface area contributed by atoms with Crippen molar-refractivity contribution in [1.82, 2.24) is 9.88 Å². The molecule has 1 aliphatic heterocycles. The second-order valence-electron chi connectivity index (χ2n) is 4.76. The molecule has 2 heterocycles. The van der Waals surface area contributed by atoms with Gasteiger partial charge < -0.3 is 10.0 Å². The maximum Gasteiger partial charge on any atom is 0.305 e. The molecule has 1 N–H and O–H groups in total. The standard InChI is InChI=1S/C13H18N2O3S/c1-2-4-11-14-8-10(19-11)13(18)15-6-3-5-9(15)7-12(16)17/h8-9H,2-7H2,1H3,(H,16,17). The molecule has 6 heteroatoms. The molecule has 1 aromatic heterocycles. The van der Waals surface area contributed by atoms with Crippen LogP contribution in [-0.4, -0.2) is 39.5 Å². The number of thiazole rings is 1. The number of likely N-dealkylation sites (tertiary alicyclic amines) is 1. The highest BCUT2D eigenvalue weighted by atomic mass is 32.1. The monoisotopic (exact) mass is 282 g/mol. The number of amides is 1. The number of aromatic nitrogens is 1. The van der Waals surface area contributed by atoms with Crippen LogP contribution in [0.1, 0.15) is 47.3 Å². The van der Waals surface area contributed by atoms with Crippen molar-refractivity contribution < 1.29 is 14.7 Å². The molecule has 0 aromatic carbocycles. The molecule has 19 heavy (non-hydrogen) atoms. The third-order valence-corrected chi connectivity index (χ3v) is 4.32. The van der Waals surface area contributed by atoms with Crippen molar-refractivity contribution in [2.45, 2.75) is 45.1 Å². The van der Waals surface area contributed by atoms with Crippen molar-refractivity contribution in [2.75, 3.05) is 6.54 Å². The van der Waals surface area contributed by atoms with E-state index in [-0.39, 0.29) is 18.4 Å². The summed E-state index contributed by atoms with van der Waals surface area (Å²) in [6, 6.07) is -0.165. The topological polar surface area (TPSA) is 70.5 Å². The summed E-state index contributed by atoms with van der Waals surface area (Å²) in [6.07, 6.45) is 5.20. The molecule has 104 valence electrons. The third-order valence-electron chi connectivity index (χ3n) is 3.28. The Balaban J connectivity index is 2.06. The highest BCUT2D eigenvalue weighted by molar-refractivity contribution is 7.13. The predicted molar refractivity (Wildman–Crippen MR) is 72.4 cm³/mol. The van der Waals surface area contributed by atoms with E-state index in [9.17, 15) is 9.59 Å². The van der Waals surface area contributed by atoms with Crippen LogP contribution in [-0.2, 0) is 11.2 Å². The summed E-state index contributed by atoms with van der Waals surface area (Å²) in [5.41, 5.74) is 0. The largest absolute Gasteiger partial charge is 0.481 e. The van der Waals surface area contributed by atoms with Crippen molar-refractivity contribution in [3.63, 3.8) is 0 Å². The molecule has 1 aliphatic rings. The summed E-state index contributed by atoms with van der Waals surface area (Å²) in [7, 11) is 0. The van der Waals surface area contributed by atoms with Crippen molar-refractivity contribution >= 4 is 23.2 Å². The van der Waals surface area contributed by atoms with Crippen LogP contribution in [0.4, 0.5) is 0 Å². The van der Waals surface area contributed by atoms with Crippen LogP contribution in [0.2, 0.25) is 0 Å². The summed E-state index contributed by atoms with van der Waals surface area (Å²) in [5.74, 6) is -0.913. The van der Waals surface area contributed by atoms with Crippen molar-refractivity contribution in [3.05, 3.63) is 16.1 Å². The molecule has 0 bridgehead atoms. The minimum absolute atomic E-state index is 0.0341. The van der Waals surface area contributed by atoms with Crippen molar-refractivity contribution in [2.24, 2.45) is 0 Å². The molecule has 0 saturated carbocycles. The number of carbonyl (C=O) groups is 2. The summed E-state index contributed by atoms with van der Waals surface area (Å²) >= 11 is 1.42. The van der Waals surface area contributed by atoms with Crippen molar-refractivity contribution in [1.29, 1.82) is 0 Å². The maximum atomic E-state index is 12.4. The van der Waals surface area contributed by atoms with Gasteiger partial charge in [0.05, 0.1) is 17.6 Å². The fraction of sp³-hybridized carbons (Fsp3) is 0.615. The predicted octanol–water partition coefficient (Wildman–Crippen LogP) is 2.17. The quantitative estimate of drug-likeness (QED) is 0.898. The molecule has 1 amide bonds. The lowest BCUT2D eigenvalue weighted by Crippen LogP contribution is -2.36. The fourth-order valence-corrected chi connectivity index (χ4v) is 3.37. The first-order valence-electron chi connectivity index (χ1n) is 6.59. The van der Waals surface area contributed by atoms with E-state index in [2.05, 4.69) is 11.9 Å². The average Bonchev–Trinajstić information content (AvgIpc) is 2.97. The molecular formula is C13H18N2O3S. The molecule has 1 saturated heterocycles. The van der Waals surface area contributed by atoms with Crippen LogP contribution in [0.25, 0.3) is 0 Å². The van der Waals surface area contributed by atoms with E-state index in [1.165, 1.54) is 11.3 Å². The van der Waals surface area contributed by atoms with Gasteiger partial charge in [-0.15, -0.1) is 11.3 Å². The van der Waals surface area contributed by atoms with Gasteiger partial charge in [-0.05, 0) is 25.7 Å². The van der Waals surface area contributed by atoms with E-state index < -0.39 is 5.97 Å². The second-order valence-corrected chi connectivity index (χ2v) is 5.88. The van der Waals surface area contributed by atoms with E-state index in [1.807, 2.05) is 0 Å². The Labute approximate surface area is 116 Å². The number of carbonyl (C=O) groups excluding carboxylic acids is 1. The van der Waals surface area contributed by atoms with Crippen LogP contribution in [0, 0.1) is 0 Å². The number of nitrogens with zero attached hydrogens (tertiary/aromatic N) is 2. The van der Waals surface area contributed by atoms with Gasteiger partial charge in [-0.25, -0.2) is 4.98 Å². The maximum absolute atomic E-state index is 12.4. The normalized spacial score (nSPS) is 18.8. The van der Waals surface area contributed by atoms with E-state index >= 15 is 0 Å². The van der Waals surface area contributed by atoms with Crippen LogP contribution in [0.15, 0.2) is 6.20 Å². The SMILES string of the molecule is CCCc1ncc(C(=O)N2CCCC2CC(=O)O)s1. The smallest absolute Gasteiger partial charge is 0.305 e. The number of hydrogen-bond acceptors (Lipinski definition) is 4. The Morgan fingerprint density at radius 2 is 2.37 bits per heavy atom. The highest BCUT2D eigenvalue weighted by Gasteiger charge is 2.31. The summed E-state index contributed by atoms with van der Waals surface area (Å²) in [5, 5.41) is 9.84. The Kier molecular flexibility index (Phi) is 4.52. The third kappa shape index (κ3) is 3.32. The first-order valence-corrected chi connectivity index (χ1v) is 7.41. The van der Waals surface area contributed by atoms with Crippen LogP contribution >= 0.6 is 11.3 Å². The lowest BCUT2D eigenvalue weighted by molar-refractivity contribution is -0.137. The first kappa shape index (κ1) is 14.0. The molecule has 0 spiro atoms. The zero-order chi connectivity index (χ0) is 13.8. The molecular weight excluding hydrogens is 264 g/mol. The van der Waals surface area contributed by atoms with Crippen molar-refractivity contribution in [3.8, 4) is 0 Å². The molecule has 0 aliphatic carbocycles. The van der Waals surface area contributed by atoms with Gasteiger partial charge in [-0.2, -0.15) is 0 Å². The van der Waals surface area contributed by atoms with Crippen LogP contribution in [0.3, 0.4) is 0 Å². The number of aliphatic carboxylic acids is 1. The Morgan fingerprint density at radius 1 is 1.58 bits per heavy atom. The number of carboxylic acids is 1. The van der Waals surface area contributed by atoms with Crippen LogP contribution < -0.4 is 0 Å². The number of aryl methyl sites for hydroxylation is 1. The molecule has 2 rings (SSSR count). The Morgan fingerprint density at radius 3 is 3.05 bits per heavy atom. The second kappa shape index (κ2) is 6.14. The molecule has 0 radical (unpaired) electrons. The summed E-state index contributed by atoms with van der Waals surface area (Å²) in [4.78, 5) is 29.7. The van der Waals surface area contributed by atoms with Crippen LogP contribution in [0.5, 0.6) is 0 Å². The van der Waals surface area contributed by atoms with E-state index in [1.54, 1.807) is 11.1 Å².